The Bertz CT molecular complexity index is 999. The number of imide groups is 2. The third-order valence-electron chi connectivity index (χ3n) is 3.98. The maximum Gasteiger partial charge on any atom is 0.333 e. The van der Waals surface area contributed by atoms with Crippen molar-refractivity contribution in [3.8, 4) is 11.3 Å². The maximum atomic E-state index is 12.2. The van der Waals surface area contributed by atoms with Gasteiger partial charge in [0.1, 0.15) is 17.1 Å². The Balaban J connectivity index is 2.02. The summed E-state index contributed by atoms with van der Waals surface area (Å²) in [4.78, 5) is 48.4. The van der Waals surface area contributed by atoms with Crippen LogP contribution in [-0.2, 0) is 9.59 Å². The third kappa shape index (κ3) is 3.20. The molecule has 0 saturated carbocycles. The molecule has 4 amide bonds. The van der Waals surface area contributed by atoms with E-state index in [0.717, 1.165) is 9.80 Å². The molecule has 1 aliphatic heterocycles. The van der Waals surface area contributed by atoms with Crippen LogP contribution >= 0.6 is 11.6 Å². The van der Waals surface area contributed by atoms with Gasteiger partial charge in [-0.1, -0.05) is 11.6 Å². The molecule has 0 spiro atoms. The van der Waals surface area contributed by atoms with Crippen LogP contribution in [0.25, 0.3) is 17.4 Å². The van der Waals surface area contributed by atoms with Crippen LogP contribution in [0.4, 0.5) is 10.5 Å². The summed E-state index contributed by atoms with van der Waals surface area (Å²) >= 11 is 5.91. The van der Waals surface area contributed by atoms with Gasteiger partial charge in [-0.2, -0.15) is 0 Å². The standard InChI is InChI=1S/C17H12ClN3O6/c1-19-15(22)12(16(23)20(2)17(19)24)8-10-4-6-14(27-10)11-7-9(18)3-5-13(11)21(25)26/h3-8H,1-2H3. The Morgan fingerprint density at radius 1 is 1.07 bits per heavy atom. The average molecular weight is 390 g/mol. The highest BCUT2D eigenvalue weighted by Gasteiger charge is 2.38. The lowest BCUT2D eigenvalue weighted by molar-refractivity contribution is -0.384. The van der Waals surface area contributed by atoms with Gasteiger partial charge in [-0.3, -0.25) is 29.5 Å². The number of urea groups is 1. The van der Waals surface area contributed by atoms with Crippen molar-refractivity contribution in [1.29, 1.82) is 0 Å². The molecule has 1 fully saturated rings. The molecular formula is C17H12ClN3O6. The lowest BCUT2D eigenvalue weighted by Gasteiger charge is -2.28. The third-order valence-corrected chi connectivity index (χ3v) is 4.21. The van der Waals surface area contributed by atoms with Gasteiger partial charge in [-0.15, -0.1) is 0 Å². The van der Waals surface area contributed by atoms with Crippen molar-refractivity contribution in [2.24, 2.45) is 0 Å². The summed E-state index contributed by atoms with van der Waals surface area (Å²) in [6, 6.07) is 6.19. The van der Waals surface area contributed by atoms with E-state index in [1.54, 1.807) is 0 Å². The van der Waals surface area contributed by atoms with Crippen LogP contribution in [0.2, 0.25) is 5.02 Å². The Hall–Kier alpha value is -3.46. The number of halogens is 1. The second-order valence-electron chi connectivity index (χ2n) is 5.69. The lowest BCUT2D eigenvalue weighted by Crippen LogP contribution is -2.52. The van der Waals surface area contributed by atoms with Crippen LogP contribution < -0.4 is 0 Å². The maximum absolute atomic E-state index is 12.2. The van der Waals surface area contributed by atoms with Crippen molar-refractivity contribution < 1.29 is 23.7 Å². The molecule has 0 atom stereocenters. The van der Waals surface area contributed by atoms with Gasteiger partial charge in [0.05, 0.1) is 10.5 Å². The summed E-state index contributed by atoms with van der Waals surface area (Å²) < 4.78 is 5.55. The molecule has 1 saturated heterocycles. The number of hydrogen-bond acceptors (Lipinski definition) is 6. The number of likely N-dealkylation sites (N-methyl/N-ethyl adjacent to an activating group) is 2. The molecule has 138 valence electrons. The van der Waals surface area contributed by atoms with Crippen LogP contribution in [0.1, 0.15) is 5.76 Å². The van der Waals surface area contributed by atoms with Gasteiger partial charge in [0, 0.05) is 25.2 Å². The number of nitro groups is 1. The molecule has 1 aliphatic rings. The molecule has 0 N–H and O–H groups in total. The van der Waals surface area contributed by atoms with E-state index in [2.05, 4.69) is 0 Å². The van der Waals surface area contributed by atoms with E-state index in [9.17, 15) is 24.5 Å². The Kier molecular flexibility index (Phi) is 4.54. The molecule has 0 aliphatic carbocycles. The van der Waals surface area contributed by atoms with Gasteiger partial charge in [0.25, 0.3) is 17.5 Å². The summed E-state index contributed by atoms with van der Waals surface area (Å²) in [6.07, 6.45) is 1.18. The second kappa shape index (κ2) is 6.69. The Morgan fingerprint density at radius 3 is 2.30 bits per heavy atom. The zero-order chi connectivity index (χ0) is 19.9. The fourth-order valence-electron chi connectivity index (χ4n) is 2.56. The fourth-order valence-corrected chi connectivity index (χ4v) is 2.73. The van der Waals surface area contributed by atoms with Gasteiger partial charge in [0.2, 0.25) is 0 Å². The average Bonchev–Trinajstić information content (AvgIpc) is 3.10. The van der Waals surface area contributed by atoms with E-state index < -0.39 is 22.8 Å². The van der Waals surface area contributed by atoms with Gasteiger partial charge < -0.3 is 4.42 Å². The van der Waals surface area contributed by atoms with E-state index >= 15 is 0 Å². The summed E-state index contributed by atoms with van der Waals surface area (Å²) in [5, 5.41) is 11.5. The van der Waals surface area contributed by atoms with Crippen LogP contribution in [-0.4, -0.2) is 46.7 Å². The van der Waals surface area contributed by atoms with Gasteiger partial charge in [0.15, 0.2) is 0 Å². The van der Waals surface area contributed by atoms with Gasteiger partial charge >= 0.3 is 6.03 Å². The number of carbonyl (C=O) groups excluding carboxylic acids is 3. The first kappa shape index (κ1) is 18.3. The van der Waals surface area contributed by atoms with Gasteiger partial charge in [-0.25, -0.2) is 4.79 Å². The van der Waals surface area contributed by atoms with Crippen molar-refractivity contribution in [2.75, 3.05) is 14.1 Å². The highest BCUT2D eigenvalue weighted by atomic mass is 35.5. The zero-order valence-corrected chi connectivity index (χ0v) is 14.9. The van der Waals surface area contributed by atoms with E-state index in [1.807, 2.05) is 0 Å². The molecular weight excluding hydrogens is 378 g/mol. The molecule has 0 bridgehead atoms. The van der Waals surface area contributed by atoms with Crippen molar-refractivity contribution in [2.45, 2.75) is 0 Å². The number of carbonyl (C=O) groups is 3. The van der Waals surface area contributed by atoms with E-state index in [-0.39, 0.29) is 33.4 Å². The molecule has 9 nitrogen and oxygen atoms in total. The predicted molar refractivity (Wildman–Crippen MR) is 94.7 cm³/mol. The monoisotopic (exact) mass is 389 g/mol. The normalized spacial score (nSPS) is 14.8. The summed E-state index contributed by atoms with van der Waals surface area (Å²) in [7, 11) is 2.51. The SMILES string of the molecule is CN1C(=O)C(=Cc2ccc(-c3cc(Cl)ccc3[N+](=O)[O-])o2)C(=O)N(C)C1=O. The quantitative estimate of drug-likeness (QED) is 0.345. The van der Waals surface area contributed by atoms with Crippen LogP contribution in [0, 0.1) is 10.1 Å². The largest absolute Gasteiger partial charge is 0.456 e. The molecule has 27 heavy (non-hydrogen) atoms. The molecule has 10 heteroatoms. The molecule has 3 rings (SSSR count). The number of benzene rings is 1. The Morgan fingerprint density at radius 2 is 1.70 bits per heavy atom. The molecule has 2 heterocycles. The smallest absolute Gasteiger partial charge is 0.333 e. The summed E-state index contributed by atoms with van der Waals surface area (Å²) in [6.45, 7) is 0. The minimum absolute atomic E-state index is 0.118. The summed E-state index contributed by atoms with van der Waals surface area (Å²) in [5.41, 5.74) is -0.313. The minimum Gasteiger partial charge on any atom is -0.456 e. The van der Waals surface area contributed by atoms with Crippen molar-refractivity contribution in [3.63, 3.8) is 0 Å². The molecule has 0 unspecified atom stereocenters. The highest BCUT2D eigenvalue weighted by molar-refractivity contribution is 6.31. The van der Waals surface area contributed by atoms with Gasteiger partial charge in [-0.05, 0) is 30.3 Å². The molecule has 2 aromatic rings. The first-order valence-corrected chi connectivity index (χ1v) is 7.94. The van der Waals surface area contributed by atoms with Crippen LogP contribution in [0.5, 0.6) is 0 Å². The molecule has 1 aromatic heterocycles. The van der Waals surface area contributed by atoms with Crippen LogP contribution in [0.15, 0.2) is 40.3 Å². The first-order chi connectivity index (χ1) is 12.7. The van der Waals surface area contributed by atoms with E-state index in [4.69, 9.17) is 16.0 Å². The van der Waals surface area contributed by atoms with E-state index in [0.29, 0.717) is 0 Å². The molecule has 0 radical (unpaired) electrons. The summed E-state index contributed by atoms with van der Waals surface area (Å²) in [5.74, 6) is -1.28. The fraction of sp³-hybridized carbons (Fsp3) is 0.118. The number of barbiturate groups is 1. The van der Waals surface area contributed by atoms with Crippen molar-refractivity contribution in [1.82, 2.24) is 9.80 Å². The number of furan rings is 1. The zero-order valence-electron chi connectivity index (χ0n) is 14.1. The number of amides is 4. The topological polar surface area (TPSA) is 114 Å². The Labute approximate surface area is 157 Å². The van der Waals surface area contributed by atoms with E-state index in [1.165, 1.54) is 50.5 Å². The second-order valence-corrected chi connectivity index (χ2v) is 6.13. The van der Waals surface area contributed by atoms with Crippen LogP contribution in [0.3, 0.4) is 0 Å². The van der Waals surface area contributed by atoms with Crippen molar-refractivity contribution in [3.05, 3.63) is 56.8 Å². The number of nitrogens with zero attached hydrogens (tertiary/aromatic N) is 3. The molecule has 1 aromatic carbocycles. The lowest BCUT2D eigenvalue weighted by atomic mass is 10.1. The number of nitro benzene ring substituents is 1. The highest BCUT2D eigenvalue weighted by Crippen LogP contribution is 2.34. The first-order valence-electron chi connectivity index (χ1n) is 7.56. The number of hydrogen-bond donors (Lipinski definition) is 0. The van der Waals surface area contributed by atoms with Crippen molar-refractivity contribution >= 4 is 41.2 Å². The number of rotatable bonds is 3. The predicted octanol–water partition coefficient (Wildman–Crippen LogP) is 2.94. The minimum atomic E-state index is -0.769.